The second-order valence-corrected chi connectivity index (χ2v) is 7.20. The smallest absolute Gasteiger partial charge is 0.345 e. The monoisotopic (exact) mass is 467 g/mol. The predicted octanol–water partition coefficient (Wildman–Crippen LogP) is -4.40. The molecule has 3 rings (SSSR count). The van der Waals surface area contributed by atoms with Crippen LogP contribution >= 0.6 is 0 Å². The summed E-state index contributed by atoms with van der Waals surface area (Å²) >= 11 is 0. The van der Waals surface area contributed by atoms with Gasteiger partial charge in [-0.3, -0.25) is 0 Å². The molecule has 0 fully saturated rings. The van der Waals surface area contributed by atoms with Crippen molar-refractivity contribution in [3.8, 4) is 11.5 Å². The first-order valence-corrected chi connectivity index (χ1v) is 10.3. The average molecular weight is 468 g/mol. The number of para-hydroxylation sites is 1. The van der Waals surface area contributed by atoms with Crippen LogP contribution in [0.5, 0.6) is 11.5 Å². The lowest BCUT2D eigenvalue weighted by molar-refractivity contribution is -0.900. The van der Waals surface area contributed by atoms with Crippen molar-refractivity contribution >= 4 is 10.9 Å². The van der Waals surface area contributed by atoms with Gasteiger partial charge in [-0.05, 0) is 42.8 Å². The lowest BCUT2D eigenvalue weighted by atomic mass is 10.2. The fraction of sp³-hybridized carbons (Fsp3) is 0.391. The predicted molar refractivity (Wildman–Crippen MR) is 114 cm³/mol. The third-order valence-electron chi connectivity index (χ3n) is 5.11. The molecule has 0 saturated heterocycles. The molecule has 8 heteroatoms. The van der Waals surface area contributed by atoms with Crippen LogP contribution in [-0.4, -0.2) is 37.9 Å². The van der Waals surface area contributed by atoms with Crippen molar-refractivity contribution in [2.45, 2.75) is 26.3 Å². The summed E-state index contributed by atoms with van der Waals surface area (Å²) in [7, 11) is 1.66. The molecule has 31 heavy (non-hydrogen) atoms. The number of hydrogen-bond acceptors (Lipinski definition) is 3. The van der Waals surface area contributed by atoms with Crippen LogP contribution in [0.4, 0.5) is 0 Å². The molecular formula is C23H31Cl2N3O3. The van der Waals surface area contributed by atoms with E-state index in [0.717, 1.165) is 54.9 Å². The minimum absolute atomic E-state index is 0. The van der Waals surface area contributed by atoms with Crippen LogP contribution < -0.4 is 49.7 Å². The number of aromatic amines is 1. The van der Waals surface area contributed by atoms with Gasteiger partial charge in [0, 0.05) is 6.42 Å². The third kappa shape index (κ3) is 7.73. The molecule has 3 aromatic rings. The van der Waals surface area contributed by atoms with Crippen LogP contribution in [0, 0.1) is 0 Å². The topological polar surface area (TPSA) is 59.0 Å². The summed E-state index contributed by atoms with van der Waals surface area (Å²) in [5.74, 6) is 1.69. The SMILES string of the molecule is CCC[NH+](CCCn1c[nH+]c2ccccc2c1=O)CCOc1ccc(OC)cc1.[Cl-].[Cl-]. The standard InChI is InChI=1S/C23H29N3O3.2ClH/c1-3-13-25(16-17-29-20-11-9-19(28-2)10-12-20)14-6-15-26-18-24-22-8-5-4-7-21(22)23(26)27;;/h4-5,7-12,18H,3,6,13-17H2,1-2H3;2*1H. The average Bonchev–Trinajstić information content (AvgIpc) is 2.76. The van der Waals surface area contributed by atoms with Crippen LogP contribution in [0.25, 0.3) is 10.9 Å². The van der Waals surface area contributed by atoms with Crippen molar-refractivity contribution in [2.24, 2.45) is 0 Å². The van der Waals surface area contributed by atoms with E-state index in [1.807, 2.05) is 48.5 Å². The number of benzene rings is 2. The molecule has 1 aromatic heterocycles. The zero-order chi connectivity index (χ0) is 20.5. The molecular weight excluding hydrogens is 437 g/mol. The summed E-state index contributed by atoms with van der Waals surface area (Å²) in [4.78, 5) is 17.3. The van der Waals surface area contributed by atoms with Gasteiger partial charge in [0.1, 0.15) is 35.6 Å². The largest absolute Gasteiger partial charge is 1.00 e. The van der Waals surface area contributed by atoms with Gasteiger partial charge in [-0.2, -0.15) is 4.57 Å². The first kappa shape index (κ1) is 26.8. The van der Waals surface area contributed by atoms with E-state index in [1.54, 1.807) is 18.0 Å². The van der Waals surface area contributed by atoms with Gasteiger partial charge in [0.2, 0.25) is 6.33 Å². The van der Waals surface area contributed by atoms with E-state index in [9.17, 15) is 4.79 Å². The molecule has 0 aliphatic rings. The summed E-state index contributed by atoms with van der Waals surface area (Å²) in [6.45, 7) is 6.65. The molecule has 0 spiro atoms. The highest BCUT2D eigenvalue weighted by molar-refractivity contribution is 5.73. The minimum Gasteiger partial charge on any atom is -1.00 e. The van der Waals surface area contributed by atoms with E-state index in [1.165, 1.54) is 4.90 Å². The Morgan fingerprint density at radius 2 is 1.68 bits per heavy atom. The number of aromatic nitrogens is 2. The Kier molecular flexibility index (Phi) is 12.0. The molecule has 1 atom stereocenters. The molecule has 1 unspecified atom stereocenters. The van der Waals surface area contributed by atoms with Crippen molar-refractivity contribution < 1.29 is 44.2 Å². The van der Waals surface area contributed by atoms with Gasteiger partial charge in [-0.25, -0.2) is 9.78 Å². The molecule has 2 aromatic carbocycles. The first-order chi connectivity index (χ1) is 14.2. The van der Waals surface area contributed by atoms with E-state index < -0.39 is 0 Å². The number of ether oxygens (including phenoxy) is 2. The summed E-state index contributed by atoms with van der Waals surface area (Å²) in [6.07, 6.45) is 3.86. The van der Waals surface area contributed by atoms with Crippen LogP contribution in [0.15, 0.2) is 59.7 Å². The molecule has 2 N–H and O–H groups in total. The maximum atomic E-state index is 12.6. The molecule has 1 heterocycles. The van der Waals surface area contributed by atoms with Crippen molar-refractivity contribution in [1.82, 2.24) is 4.57 Å². The number of methoxy groups -OCH3 is 1. The third-order valence-corrected chi connectivity index (χ3v) is 5.11. The lowest BCUT2D eigenvalue weighted by Crippen LogP contribution is -3.12. The summed E-state index contributed by atoms with van der Waals surface area (Å²) < 4.78 is 12.8. The summed E-state index contributed by atoms with van der Waals surface area (Å²) in [5, 5.41) is 0.737. The zero-order valence-electron chi connectivity index (χ0n) is 18.1. The van der Waals surface area contributed by atoms with E-state index in [2.05, 4.69) is 11.9 Å². The van der Waals surface area contributed by atoms with Crippen LogP contribution in [0.2, 0.25) is 0 Å². The number of nitrogens with one attached hydrogen (secondary N) is 2. The van der Waals surface area contributed by atoms with E-state index in [0.29, 0.717) is 13.2 Å². The highest BCUT2D eigenvalue weighted by Crippen LogP contribution is 2.16. The van der Waals surface area contributed by atoms with Gasteiger partial charge in [-0.15, -0.1) is 0 Å². The Morgan fingerprint density at radius 1 is 0.968 bits per heavy atom. The number of rotatable bonds is 11. The molecule has 0 saturated carbocycles. The van der Waals surface area contributed by atoms with Crippen LogP contribution in [-0.2, 0) is 6.54 Å². The molecule has 0 amide bonds. The Balaban J connectivity index is 0.00000240. The quantitative estimate of drug-likeness (QED) is 0.309. The van der Waals surface area contributed by atoms with Crippen molar-refractivity contribution in [3.63, 3.8) is 0 Å². The molecule has 6 nitrogen and oxygen atoms in total. The van der Waals surface area contributed by atoms with Crippen molar-refractivity contribution in [3.05, 3.63) is 65.2 Å². The zero-order valence-corrected chi connectivity index (χ0v) is 19.6. The van der Waals surface area contributed by atoms with Crippen molar-refractivity contribution in [2.75, 3.05) is 33.4 Å². The number of hydrogen-bond donors (Lipinski definition) is 1. The molecule has 0 radical (unpaired) electrons. The Labute approximate surface area is 196 Å². The van der Waals surface area contributed by atoms with Gasteiger partial charge in [-0.1, -0.05) is 19.1 Å². The Morgan fingerprint density at radius 3 is 2.39 bits per heavy atom. The van der Waals surface area contributed by atoms with Crippen LogP contribution in [0.3, 0.4) is 0 Å². The van der Waals surface area contributed by atoms with Gasteiger partial charge < -0.3 is 39.2 Å². The normalized spacial score (nSPS) is 11.3. The number of halogens is 2. The second-order valence-electron chi connectivity index (χ2n) is 7.20. The van der Waals surface area contributed by atoms with E-state index >= 15 is 0 Å². The number of quaternary nitrogens is 1. The molecule has 0 bridgehead atoms. The number of fused-ring (bicyclic) bond motifs is 1. The highest BCUT2D eigenvalue weighted by Gasteiger charge is 2.12. The van der Waals surface area contributed by atoms with Crippen LogP contribution in [0.1, 0.15) is 19.8 Å². The van der Waals surface area contributed by atoms with E-state index in [4.69, 9.17) is 9.47 Å². The second kappa shape index (κ2) is 13.9. The number of aryl methyl sites for hydroxylation is 1. The number of H-pyrrole nitrogens is 1. The summed E-state index contributed by atoms with van der Waals surface area (Å²) in [5.41, 5.74) is 0.946. The fourth-order valence-corrected chi connectivity index (χ4v) is 3.54. The Bertz CT molecular complexity index is 964. The first-order valence-electron chi connectivity index (χ1n) is 10.3. The van der Waals surface area contributed by atoms with Gasteiger partial charge in [0.05, 0.1) is 26.7 Å². The van der Waals surface area contributed by atoms with Gasteiger partial charge >= 0.3 is 5.56 Å². The Hall–Kier alpha value is -2.28. The maximum Gasteiger partial charge on any atom is 0.345 e. The van der Waals surface area contributed by atoms with Gasteiger partial charge in [0.25, 0.3) is 0 Å². The van der Waals surface area contributed by atoms with Crippen molar-refractivity contribution in [1.29, 1.82) is 0 Å². The van der Waals surface area contributed by atoms with E-state index in [-0.39, 0.29) is 30.4 Å². The molecule has 170 valence electrons. The highest BCUT2D eigenvalue weighted by atomic mass is 35.5. The molecule has 0 aliphatic carbocycles. The minimum atomic E-state index is 0. The lowest BCUT2D eigenvalue weighted by Gasteiger charge is -2.19. The summed E-state index contributed by atoms with van der Waals surface area (Å²) in [6, 6.07) is 15.3. The van der Waals surface area contributed by atoms with Gasteiger partial charge in [0.15, 0.2) is 0 Å². The number of nitrogens with zero attached hydrogens (tertiary/aromatic N) is 1. The molecule has 0 aliphatic heterocycles. The maximum absolute atomic E-state index is 12.6. The fourth-order valence-electron chi connectivity index (χ4n) is 3.54.